The maximum atomic E-state index is 11.8. The molecule has 0 aliphatic heterocycles. The predicted molar refractivity (Wildman–Crippen MR) is 103 cm³/mol. The molecule has 0 saturated heterocycles. The number of Topliss-reactive ketones (excluding diaryl/α,β-unsaturated/α-hetero) is 1. The van der Waals surface area contributed by atoms with Crippen molar-refractivity contribution in [1.82, 2.24) is 0 Å². The minimum atomic E-state index is -0.998. The van der Waals surface area contributed by atoms with E-state index in [1.165, 1.54) is 17.9 Å². The number of carbonyl (C=O) groups is 2. The third-order valence-corrected chi connectivity index (χ3v) is 4.00. The average Bonchev–Trinajstić information content (AvgIpc) is 3.12. The third kappa shape index (κ3) is 4.33. The van der Waals surface area contributed by atoms with Gasteiger partial charge in [0.15, 0.2) is 5.76 Å². The van der Waals surface area contributed by atoms with Gasteiger partial charge in [0.05, 0.1) is 19.4 Å². The maximum Gasteiger partial charge on any atom is 0.331 e. The lowest BCUT2D eigenvalue weighted by Gasteiger charge is -2.01. The van der Waals surface area contributed by atoms with Gasteiger partial charge in [-0.1, -0.05) is 48.6 Å². The van der Waals surface area contributed by atoms with Gasteiger partial charge >= 0.3 is 5.97 Å². The van der Waals surface area contributed by atoms with Crippen LogP contribution in [0.5, 0.6) is 0 Å². The van der Waals surface area contributed by atoms with Crippen LogP contribution in [-0.4, -0.2) is 24.0 Å². The van der Waals surface area contributed by atoms with Crippen LogP contribution in [0.4, 0.5) is 0 Å². The zero-order valence-corrected chi connectivity index (χ0v) is 14.7. The molecule has 2 aromatic carbocycles. The number of fused-ring (bicyclic) bond motifs is 2. The first-order valence-corrected chi connectivity index (χ1v) is 8.33. The molecule has 1 aromatic heterocycles. The molecule has 1 N–H and O–H groups in total. The molecule has 5 nitrogen and oxygen atoms in total. The highest BCUT2D eigenvalue weighted by Crippen LogP contribution is 2.31. The standard InChI is InChI=1S/C18H12O2.C4H6O3/c19-16-7-3-6-15-11-17(20-18(15)16)14-9-8-12-4-1-2-5-13(12)10-14;1-7-3-2-4(5)6/h1-6,8-11H,7H2;2-3H,1H3,(H,5,6)/b;3-2+. The number of methoxy groups -OCH3 is 1. The normalized spacial score (nSPS) is 12.6. The molecule has 5 heteroatoms. The molecule has 0 radical (unpaired) electrons. The van der Waals surface area contributed by atoms with Gasteiger partial charge in [0.25, 0.3) is 0 Å². The molecule has 1 aliphatic carbocycles. The van der Waals surface area contributed by atoms with Gasteiger partial charge in [-0.25, -0.2) is 4.79 Å². The third-order valence-electron chi connectivity index (χ3n) is 4.00. The summed E-state index contributed by atoms with van der Waals surface area (Å²) in [4.78, 5) is 21.4. The van der Waals surface area contributed by atoms with E-state index in [4.69, 9.17) is 9.52 Å². The second kappa shape index (κ2) is 8.19. The van der Waals surface area contributed by atoms with Crippen molar-refractivity contribution in [3.8, 4) is 11.3 Å². The largest absolute Gasteiger partial charge is 0.504 e. The Morgan fingerprint density at radius 1 is 1.15 bits per heavy atom. The second-order valence-electron chi connectivity index (χ2n) is 5.86. The van der Waals surface area contributed by atoms with Crippen molar-refractivity contribution in [3.63, 3.8) is 0 Å². The zero-order chi connectivity index (χ0) is 19.2. The molecule has 27 heavy (non-hydrogen) atoms. The Hall–Kier alpha value is -3.60. The van der Waals surface area contributed by atoms with Crippen LogP contribution in [0, 0.1) is 0 Å². The summed E-state index contributed by atoms with van der Waals surface area (Å²) in [5.74, 6) is 0.285. The van der Waals surface area contributed by atoms with Crippen LogP contribution in [0.3, 0.4) is 0 Å². The van der Waals surface area contributed by atoms with Crippen molar-refractivity contribution in [2.75, 3.05) is 7.11 Å². The zero-order valence-electron chi connectivity index (χ0n) is 14.7. The molecule has 136 valence electrons. The monoisotopic (exact) mass is 362 g/mol. The van der Waals surface area contributed by atoms with Gasteiger partial charge in [-0.3, -0.25) is 4.79 Å². The van der Waals surface area contributed by atoms with Crippen LogP contribution in [0.2, 0.25) is 0 Å². The number of rotatable bonds is 3. The van der Waals surface area contributed by atoms with Gasteiger partial charge in [0, 0.05) is 17.5 Å². The summed E-state index contributed by atoms with van der Waals surface area (Å²) in [6.45, 7) is 0. The average molecular weight is 362 g/mol. The predicted octanol–water partition coefficient (Wildman–Crippen LogP) is 4.93. The number of carbonyl (C=O) groups excluding carboxylic acids is 1. The fourth-order valence-corrected chi connectivity index (χ4v) is 2.74. The van der Waals surface area contributed by atoms with E-state index in [-0.39, 0.29) is 5.78 Å². The summed E-state index contributed by atoms with van der Waals surface area (Å²) >= 11 is 0. The van der Waals surface area contributed by atoms with Crippen molar-refractivity contribution < 1.29 is 23.8 Å². The van der Waals surface area contributed by atoms with E-state index in [2.05, 4.69) is 29.0 Å². The van der Waals surface area contributed by atoms with Gasteiger partial charge in [-0.05, 0) is 22.9 Å². The molecule has 4 rings (SSSR count). The van der Waals surface area contributed by atoms with Gasteiger partial charge in [0.2, 0.25) is 5.78 Å². The van der Waals surface area contributed by atoms with Gasteiger partial charge in [0.1, 0.15) is 5.76 Å². The van der Waals surface area contributed by atoms with Crippen LogP contribution in [-0.2, 0) is 9.53 Å². The number of hydrogen-bond donors (Lipinski definition) is 1. The van der Waals surface area contributed by atoms with Crippen LogP contribution >= 0.6 is 0 Å². The highest BCUT2D eigenvalue weighted by molar-refractivity contribution is 6.01. The summed E-state index contributed by atoms with van der Waals surface area (Å²) in [7, 11) is 1.39. The summed E-state index contributed by atoms with van der Waals surface area (Å²) in [5.41, 5.74) is 1.88. The van der Waals surface area contributed by atoms with E-state index < -0.39 is 5.97 Å². The molecule has 0 spiro atoms. The minimum Gasteiger partial charge on any atom is -0.504 e. The van der Waals surface area contributed by atoms with Crippen molar-refractivity contribution in [2.24, 2.45) is 0 Å². The summed E-state index contributed by atoms with van der Waals surface area (Å²) in [6.07, 6.45) is 6.27. The van der Waals surface area contributed by atoms with E-state index in [1.807, 2.05) is 36.4 Å². The Bertz CT molecular complexity index is 1040. The summed E-state index contributed by atoms with van der Waals surface area (Å²) in [6, 6.07) is 16.3. The van der Waals surface area contributed by atoms with E-state index >= 15 is 0 Å². The first-order valence-electron chi connectivity index (χ1n) is 8.33. The number of ketones is 1. The quantitative estimate of drug-likeness (QED) is 0.528. The smallest absolute Gasteiger partial charge is 0.331 e. The van der Waals surface area contributed by atoms with Crippen molar-refractivity contribution in [3.05, 3.63) is 78.3 Å². The Labute approximate surface area is 156 Å². The molecule has 0 unspecified atom stereocenters. The molecule has 3 aromatic rings. The minimum absolute atomic E-state index is 0.0505. The number of ether oxygens (including phenoxy) is 1. The molecule has 0 fully saturated rings. The second-order valence-corrected chi connectivity index (χ2v) is 5.86. The van der Waals surface area contributed by atoms with Crippen LogP contribution in [0.15, 0.2) is 71.4 Å². The highest BCUT2D eigenvalue weighted by Gasteiger charge is 2.19. The summed E-state index contributed by atoms with van der Waals surface area (Å²) < 4.78 is 10.0. The highest BCUT2D eigenvalue weighted by atomic mass is 16.5. The molecular weight excluding hydrogens is 344 g/mol. The number of carboxylic acid groups (broad SMARTS) is 1. The lowest BCUT2D eigenvalue weighted by Crippen LogP contribution is -2.00. The van der Waals surface area contributed by atoms with E-state index in [0.717, 1.165) is 29.2 Å². The van der Waals surface area contributed by atoms with E-state index in [0.29, 0.717) is 12.2 Å². The first kappa shape index (κ1) is 18.2. The lowest BCUT2D eigenvalue weighted by molar-refractivity contribution is -0.131. The Morgan fingerprint density at radius 2 is 1.93 bits per heavy atom. The topological polar surface area (TPSA) is 76.7 Å². The summed E-state index contributed by atoms with van der Waals surface area (Å²) in [5, 5.41) is 10.2. The van der Waals surface area contributed by atoms with Crippen LogP contribution < -0.4 is 0 Å². The molecule has 1 heterocycles. The van der Waals surface area contributed by atoms with Gasteiger partial charge in [-0.2, -0.15) is 0 Å². The van der Waals surface area contributed by atoms with E-state index in [1.54, 1.807) is 0 Å². The lowest BCUT2D eigenvalue weighted by atomic mass is 10.0. The molecule has 0 atom stereocenters. The van der Waals surface area contributed by atoms with Gasteiger partial charge < -0.3 is 14.3 Å². The Morgan fingerprint density at radius 3 is 2.59 bits per heavy atom. The van der Waals surface area contributed by atoms with Crippen molar-refractivity contribution >= 4 is 28.6 Å². The molecular formula is C22H18O5. The van der Waals surface area contributed by atoms with E-state index in [9.17, 15) is 9.59 Å². The SMILES string of the molecule is CO/C=C/C(=O)O.O=C1CC=Cc2cc(-c3ccc4ccccc4c3)oc21. The number of benzene rings is 2. The Balaban J connectivity index is 0.000000260. The Kier molecular flexibility index (Phi) is 5.52. The maximum absolute atomic E-state index is 11.8. The fraction of sp³-hybridized carbons (Fsp3) is 0.0909. The number of hydrogen-bond acceptors (Lipinski definition) is 4. The van der Waals surface area contributed by atoms with Crippen molar-refractivity contribution in [1.29, 1.82) is 0 Å². The number of aliphatic carboxylic acids is 1. The molecule has 0 bridgehead atoms. The van der Waals surface area contributed by atoms with Crippen LogP contribution in [0.1, 0.15) is 22.5 Å². The van der Waals surface area contributed by atoms with Crippen molar-refractivity contribution in [2.45, 2.75) is 6.42 Å². The first-order chi connectivity index (χ1) is 13.1. The fourth-order valence-electron chi connectivity index (χ4n) is 2.74. The number of allylic oxidation sites excluding steroid dienone is 1. The molecule has 1 aliphatic rings. The molecule has 0 saturated carbocycles. The van der Waals surface area contributed by atoms with Crippen LogP contribution in [0.25, 0.3) is 28.2 Å². The number of furan rings is 1. The van der Waals surface area contributed by atoms with Gasteiger partial charge in [-0.15, -0.1) is 0 Å². The number of carboxylic acids is 1. The molecule has 0 amide bonds.